The Morgan fingerprint density at radius 2 is 2.26 bits per heavy atom. The summed E-state index contributed by atoms with van der Waals surface area (Å²) in [5.74, 6) is 0.357. The van der Waals surface area contributed by atoms with Gasteiger partial charge in [0.2, 0.25) is 0 Å². The summed E-state index contributed by atoms with van der Waals surface area (Å²) in [4.78, 5) is 19.4. The van der Waals surface area contributed by atoms with Crippen LogP contribution < -0.4 is 5.56 Å². The number of thiophene rings is 1. The molecule has 0 radical (unpaired) electrons. The summed E-state index contributed by atoms with van der Waals surface area (Å²) in [6.45, 7) is 0. The fraction of sp³-hybridized carbons (Fsp3) is 0.500. The highest BCUT2D eigenvalue weighted by Gasteiger charge is 2.22. The molecule has 7 heteroatoms. The van der Waals surface area contributed by atoms with Crippen molar-refractivity contribution in [2.24, 2.45) is 13.0 Å². The van der Waals surface area contributed by atoms with Crippen molar-refractivity contribution in [3.8, 4) is 12.1 Å². The normalized spacial score (nSPS) is 14.4. The first kappa shape index (κ1) is 16.0. The van der Waals surface area contributed by atoms with Crippen molar-refractivity contribution in [2.45, 2.75) is 37.3 Å². The van der Waals surface area contributed by atoms with Gasteiger partial charge in [-0.15, -0.1) is 11.3 Å². The van der Waals surface area contributed by atoms with Crippen LogP contribution in [0.4, 0.5) is 0 Å². The van der Waals surface area contributed by atoms with Crippen LogP contribution in [-0.2, 0) is 19.9 Å². The van der Waals surface area contributed by atoms with Crippen molar-refractivity contribution < 1.29 is 0 Å². The first-order valence-corrected chi connectivity index (χ1v) is 9.36. The summed E-state index contributed by atoms with van der Waals surface area (Å²) in [5, 5.41) is 19.2. The lowest BCUT2D eigenvalue weighted by molar-refractivity contribution is 0.678. The summed E-state index contributed by atoms with van der Waals surface area (Å²) in [5.41, 5.74) is 1.21. The second kappa shape index (κ2) is 6.74. The zero-order valence-electron chi connectivity index (χ0n) is 12.8. The first-order valence-electron chi connectivity index (χ1n) is 7.56. The minimum absolute atomic E-state index is 0.0161. The van der Waals surface area contributed by atoms with Crippen LogP contribution in [0.1, 0.15) is 29.7 Å². The summed E-state index contributed by atoms with van der Waals surface area (Å²) in [7, 11) is 1.74. The van der Waals surface area contributed by atoms with Crippen LogP contribution in [0, 0.1) is 28.6 Å². The van der Waals surface area contributed by atoms with E-state index in [-0.39, 0.29) is 11.5 Å². The Kier molecular flexibility index (Phi) is 4.70. The molecule has 23 heavy (non-hydrogen) atoms. The minimum Gasteiger partial charge on any atom is -0.290 e. The molecule has 0 amide bonds. The highest BCUT2D eigenvalue weighted by Crippen LogP contribution is 2.35. The maximum absolute atomic E-state index is 12.7. The van der Waals surface area contributed by atoms with Crippen molar-refractivity contribution in [2.75, 3.05) is 5.75 Å². The van der Waals surface area contributed by atoms with Crippen molar-refractivity contribution in [1.29, 1.82) is 10.5 Å². The quantitative estimate of drug-likeness (QED) is 0.615. The highest BCUT2D eigenvalue weighted by molar-refractivity contribution is 7.99. The Balaban J connectivity index is 1.88. The van der Waals surface area contributed by atoms with Gasteiger partial charge in [-0.05, 0) is 31.2 Å². The number of nitrogens with zero attached hydrogens (tertiary/aromatic N) is 4. The molecule has 0 saturated heterocycles. The van der Waals surface area contributed by atoms with Crippen LogP contribution in [0.15, 0.2) is 9.95 Å². The van der Waals surface area contributed by atoms with E-state index < -0.39 is 0 Å². The Morgan fingerprint density at radius 3 is 3.00 bits per heavy atom. The maximum atomic E-state index is 12.7. The van der Waals surface area contributed by atoms with Gasteiger partial charge in [-0.2, -0.15) is 10.5 Å². The molecule has 1 aliphatic carbocycles. The summed E-state index contributed by atoms with van der Waals surface area (Å²) in [6.07, 6.45) is 4.08. The topological polar surface area (TPSA) is 82.5 Å². The van der Waals surface area contributed by atoms with Crippen molar-refractivity contribution in [3.05, 3.63) is 20.8 Å². The van der Waals surface area contributed by atoms with E-state index in [9.17, 15) is 4.79 Å². The predicted molar refractivity (Wildman–Crippen MR) is 91.6 cm³/mol. The Bertz CT molecular complexity index is 885. The molecule has 0 fully saturated rings. The zero-order chi connectivity index (χ0) is 16.4. The lowest BCUT2D eigenvalue weighted by atomic mass is 10.1. The molecule has 2 heterocycles. The van der Waals surface area contributed by atoms with Gasteiger partial charge in [0.15, 0.2) is 5.16 Å². The van der Waals surface area contributed by atoms with E-state index in [1.807, 2.05) is 0 Å². The SMILES string of the molecule is Cn1c(SC[C@@H](C#N)CCC#N)nc2sc3c(c2c1=O)CCC3. The Labute approximate surface area is 142 Å². The van der Waals surface area contributed by atoms with Crippen LogP contribution in [0.5, 0.6) is 0 Å². The van der Waals surface area contributed by atoms with Crippen LogP contribution in [0.3, 0.4) is 0 Å². The third-order valence-corrected chi connectivity index (χ3v) is 6.48. The number of rotatable bonds is 5. The molecule has 0 unspecified atom stereocenters. The molecular formula is C16H16N4OS2. The summed E-state index contributed by atoms with van der Waals surface area (Å²) >= 11 is 3.06. The minimum atomic E-state index is -0.194. The van der Waals surface area contributed by atoms with Crippen molar-refractivity contribution >= 4 is 33.3 Å². The predicted octanol–water partition coefficient (Wildman–Crippen LogP) is 3.02. The molecule has 0 spiro atoms. The summed E-state index contributed by atoms with van der Waals surface area (Å²) < 4.78 is 1.59. The largest absolute Gasteiger partial charge is 0.290 e. The van der Waals surface area contributed by atoms with Gasteiger partial charge in [0.25, 0.3) is 5.56 Å². The molecule has 118 valence electrons. The Hall–Kier alpha value is -1.83. The van der Waals surface area contributed by atoms with Gasteiger partial charge >= 0.3 is 0 Å². The Morgan fingerprint density at radius 1 is 1.43 bits per heavy atom. The van der Waals surface area contributed by atoms with Crippen LogP contribution in [0.2, 0.25) is 0 Å². The molecule has 1 atom stereocenters. The lowest BCUT2D eigenvalue weighted by Crippen LogP contribution is -2.20. The monoisotopic (exact) mass is 344 g/mol. The van der Waals surface area contributed by atoms with Gasteiger partial charge in [-0.25, -0.2) is 4.98 Å². The van der Waals surface area contributed by atoms with E-state index in [1.54, 1.807) is 23.0 Å². The van der Waals surface area contributed by atoms with Crippen molar-refractivity contribution in [1.82, 2.24) is 9.55 Å². The number of aromatic nitrogens is 2. The first-order chi connectivity index (χ1) is 11.2. The van der Waals surface area contributed by atoms with E-state index >= 15 is 0 Å². The number of hydrogen-bond acceptors (Lipinski definition) is 6. The molecule has 1 aliphatic rings. The number of hydrogen-bond donors (Lipinski definition) is 0. The average molecular weight is 344 g/mol. The fourth-order valence-electron chi connectivity index (χ4n) is 2.83. The molecule has 5 nitrogen and oxygen atoms in total. The molecule has 2 aromatic rings. The van der Waals surface area contributed by atoms with E-state index in [4.69, 9.17) is 10.5 Å². The molecule has 0 aromatic carbocycles. The van der Waals surface area contributed by atoms with Crippen LogP contribution in [-0.4, -0.2) is 15.3 Å². The van der Waals surface area contributed by atoms with E-state index in [2.05, 4.69) is 17.1 Å². The van der Waals surface area contributed by atoms with Crippen LogP contribution in [0.25, 0.3) is 10.2 Å². The van der Waals surface area contributed by atoms with Gasteiger partial charge in [0.1, 0.15) is 4.83 Å². The standard InChI is InChI=1S/C16H16N4OS2/c1-20-15(21)13-11-5-2-6-12(11)23-14(13)19-16(20)22-9-10(8-18)4-3-7-17/h10H,2-6,9H2,1H3/t10-/m1/s1. The summed E-state index contributed by atoms with van der Waals surface area (Å²) in [6, 6.07) is 4.29. The molecule has 2 aromatic heterocycles. The van der Waals surface area contributed by atoms with E-state index in [1.165, 1.54) is 22.2 Å². The van der Waals surface area contributed by atoms with Gasteiger partial charge in [-0.1, -0.05) is 11.8 Å². The molecule has 0 aliphatic heterocycles. The number of thioether (sulfide) groups is 1. The lowest BCUT2D eigenvalue weighted by Gasteiger charge is -2.09. The third-order valence-electron chi connectivity index (χ3n) is 4.11. The zero-order valence-corrected chi connectivity index (χ0v) is 14.5. The molecular weight excluding hydrogens is 328 g/mol. The number of nitriles is 2. The fourth-order valence-corrected chi connectivity index (χ4v) is 5.17. The average Bonchev–Trinajstić information content (AvgIpc) is 3.12. The second-order valence-corrected chi connectivity index (χ2v) is 7.70. The number of fused-ring (bicyclic) bond motifs is 3. The van der Waals surface area contributed by atoms with Gasteiger partial charge < -0.3 is 0 Å². The van der Waals surface area contributed by atoms with Gasteiger partial charge in [0, 0.05) is 24.1 Å². The smallest absolute Gasteiger partial charge is 0.262 e. The molecule has 0 N–H and O–H groups in total. The highest BCUT2D eigenvalue weighted by atomic mass is 32.2. The van der Waals surface area contributed by atoms with Gasteiger partial charge in [-0.3, -0.25) is 9.36 Å². The maximum Gasteiger partial charge on any atom is 0.262 e. The number of aryl methyl sites for hydroxylation is 2. The second-order valence-electron chi connectivity index (χ2n) is 5.63. The molecule has 0 saturated carbocycles. The van der Waals surface area contributed by atoms with Gasteiger partial charge in [0.05, 0.1) is 23.4 Å². The van der Waals surface area contributed by atoms with E-state index in [0.717, 1.165) is 29.5 Å². The third kappa shape index (κ3) is 2.99. The van der Waals surface area contributed by atoms with Crippen LogP contribution >= 0.6 is 23.1 Å². The van der Waals surface area contributed by atoms with E-state index in [0.29, 0.717) is 23.8 Å². The van der Waals surface area contributed by atoms with Crippen molar-refractivity contribution in [3.63, 3.8) is 0 Å². The molecule has 3 rings (SSSR count). The molecule has 0 bridgehead atoms.